The van der Waals surface area contributed by atoms with Gasteiger partial charge >= 0.3 is 0 Å². The maximum absolute atomic E-state index is 13.9. The number of nitrogens with zero attached hydrogens (tertiary/aromatic N) is 2. The molecule has 1 N–H and O–H groups in total. The number of anilines is 1. The Bertz CT molecular complexity index is 910. The fraction of sp³-hybridized carbons (Fsp3) is 0.364. The van der Waals surface area contributed by atoms with Gasteiger partial charge in [0.05, 0.1) is 0 Å². The fourth-order valence-electron chi connectivity index (χ4n) is 3.50. The second-order valence-electron chi connectivity index (χ2n) is 7.58. The Balaban J connectivity index is 1.67. The van der Waals surface area contributed by atoms with Crippen molar-refractivity contribution >= 4 is 29.1 Å². The standard InChI is InChI=1S/C22H24ClF2N3O2/c1-14(2)20(26-21(29)19-17(24)7-4-8-18(19)25)22(30)28-11-9-27(10-12-28)16-6-3-5-15(23)13-16/h3-8,13-14,20H,9-12H2,1-2H3,(H,26,29). The first kappa shape index (κ1) is 22.0. The summed E-state index contributed by atoms with van der Waals surface area (Å²) in [5.74, 6) is -3.37. The van der Waals surface area contributed by atoms with Crippen LogP contribution in [0, 0.1) is 17.6 Å². The number of carbonyl (C=O) groups is 2. The van der Waals surface area contributed by atoms with Crippen LogP contribution in [0.3, 0.4) is 0 Å². The molecule has 5 nitrogen and oxygen atoms in total. The summed E-state index contributed by atoms with van der Waals surface area (Å²) in [5, 5.41) is 3.17. The summed E-state index contributed by atoms with van der Waals surface area (Å²) in [5.41, 5.74) is 0.306. The average Bonchev–Trinajstić information content (AvgIpc) is 2.71. The van der Waals surface area contributed by atoms with Gasteiger partial charge in [-0.3, -0.25) is 9.59 Å². The number of amides is 2. The zero-order valence-electron chi connectivity index (χ0n) is 16.9. The third-order valence-electron chi connectivity index (χ3n) is 5.17. The van der Waals surface area contributed by atoms with Gasteiger partial charge in [0, 0.05) is 36.9 Å². The molecule has 0 spiro atoms. The molecular formula is C22H24ClF2N3O2. The minimum absolute atomic E-state index is 0.248. The summed E-state index contributed by atoms with van der Waals surface area (Å²) < 4.78 is 27.9. The number of hydrogen-bond donors (Lipinski definition) is 1. The Morgan fingerprint density at radius 2 is 1.60 bits per heavy atom. The third kappa shape index (κ3) is 4.90. The summed E-state index contributed by atoms with van der Waals surface area (Å²) >= 11 is 6.06. The minimum Gasteiger partial charge on any atom is -0.368 e. The normalized spacial score (nSPS) is 15.3. The highest BCUT2D eigenvalue weighted by molar-refractivity contribution is 6.30. The van der Waals surface area contributed by atoms with E-state index >= 15 is 0 Å². The van der Waals surface area contributed by atoms with Gasteiger partial charge in [-0.1, -0.05) is 37.6 Å². The molecule has 2 aromatic carbocycles. The van der Waals surface area contributed by atoms with Crippen molar-refractivity contribution in [3.63, 3.8) is 0 Å². The van der Waals surface area contributed by atoms with Crippen LogP contribution < -0.4 is 10.2 Å². The van der Waals surface area contributed by atoms with Gasteiger partial charge in [-0.25, -0.2) is 8.78 Å². The van der Waals surface area contributed by atoms with Crippen LogP contribution in [0.1, 0.15) is 24.2 Å². The number of nitrogens with one attached hydrogen (secondary N) is 1. The monoisotopic (exact) mass is 435 g/mol. The lowest BCUT2D eigenvalue weighted by molar-refractivity contribution is -0.134. The van der Waals surface area contributed by atoms with Crippen molar-refractivity contribution in [2.24, 2.45) is 5.92 Å². The lowest BCUT2D eigenvalue weighted by Crippen LogP contribution is -2.56. The van der Waals surface area contributed by atoms with Crippen molar-refractivity contribution in [2.75, 3.05) is 31.1 Å². The number of halogens is 3. The molecule has 1 unspecified atom stereocenters. The van der Waals surface area contributed by atoms with Gasteiger partial charge in [-0.05, 0) is 36.2 Å². The SMILES string of the molecule is CC(C)C(NC(=O)c1c(F)cccc1F)C(=O)N1CCN(c2cccc(Cl)c2)CC1. The maximum Gasteiger partial charge on any atom is 0.257 e. The molecule has 2 amide bonds. The topological polar surface area (TPSA) is 52.7 Å². The zero-order chi connectivity index (χ0) is 21.8. The number of rotatable bonds is 5. The molecule has 160 valence electrons. The summed E-state index contributed by atoms with van der Waals surface area (Å²) in [4.78, 5) is 29.3. The highest BCUT2D eigenvalue weighted by Gasteiger charge is 2.32. The molecule has 1 aliphatic rings. The molecule has 0 aromatic heterocycles. The van der Waals surface area contributed by atoms with E-state index in [0.717, 1.165) is 17.8 Å². The van der Waals surface area contributed by atoms with Crippen LogP contribution in [-0.4, -0.2) is 48.9 Å². The van der Waals surface area contributed by atoms with Gasteiger partial charge in [-0.2, -0.15) is 0 Å². The summed E-state index contributed by atoms with van der Waals surface area (Å²) in [6, 6.07) is 9.85. The molecule has 0 bridgehead atoms. The van der Waals surface area contributed by atoms with E-state index < -0.39 is 29.1 Å². The molecule has 0 aliphatic carbocycles. The van der Waals surface area contributed by atoms with E-state index in [0.29, 0.717) is 31.2 Å². The molecule has 0 radical (unpaired) electrons. The largest absolute Gasteiger partial charge is 0.368 e. The summed E-state index contributed by atoms with van der Waals surface area (Å²) in [7, 11) is 0. The van der Waals surface area contributed by atoms with E-state index in [1.165, 1.54) is 6.07 Å². The zero-order valence-corrected chi connectivity index (χ0v) is 17.6. The second-order valence-corrected chi connectivity index (χ2v) is 8.02. The second kappa shape index (κ2) is 9.43. The molecule has 3 rings (SSSR count). The Labute approximate surface area is 179 Å². The predicted octanol–water partition coefficient (Wildman–Crippen LogP) is 3.72. The molecule has 1 fully saturated rings. The Morgan fingerprint density at radius 1 is 1.00 bits per heavy atom. The first-order valence-corrected chi connectivity index (χ1v) is 10.2. The molecule has 1 saturated heterocycles. The van der Waals surface area contributed by atoms with Crippen LogP contribution in [0.4, 0.5) is 14.5 Å². The predicted molar refractivity (Wildman–Crippen MR) is 113 cm³/mol. The lowest BCUT2D eigenvalue weighted by atomic mass is 10.0. The fourth-order valence-corrected chi connectivity index (χ4v) is 3.68. The van der Waals surface area contributed by atoms with E-state index in [2.05, 4.69) is 10.2 Å². The highest BCUT2D eigenvalue weighted by atomic mass is 35.5. The Morgan fingerprint density at radius 3 is 2.17 bits per heavy atom. The highest BCUT2D eigenvalue weighted by Crippen LogP contribution is 2.21. The third-order valence-corrected chi connectivity index (χ3v) is 5.41. The van der Waals surface area contributed by atoms with E-state index in [-0.39, 0.29) is 11.8 Å². The number of hydrogen-bond acceptors (Lipinski definition) is 3. The van der Waals surface area contributed by atoms with Gasteiger partial charge in [-0.15, -0.1) is 0 Å². The molecule has 8 heteroatoms. The molecule has 1 atom stereocenters. The van der Waals surface area contributed by atoms with Gasteiger partial charge in [0.1, 0.15) is 23.2 Å². The average molecular weight is 436 g/mol. The van der Waals surface area contributed by atoms with Crippen LogP contribution in [0.25, 0.3) is 0 Å². The number of piperazine rings is 1. The van der Waals surface area contributed by atoms with E-state index in [1.54, 1.807) is 24.8 Å². The summed E-state index contributed by atoms with van der Waals surface area (Å²) in [6.45, 7) is 5.74. The molecule has 2 aromatic rings. The van der Waals surface area contributed by atoms with Crippen molar-refractivity contribution < 1.29 is 18.4 Å². The molecule has 30 heavy (non-hydrogen) atoms. The van der Waals surface area contributed by atoms with Gasteiger partial charge in [0.2, 0.25) is 5.91 Å². The van der Waals surface area contributed by atoms with Gasteiger partial charge < -0.3 is 15.1 Å². The molecule has 0 saturated carbocycles. The van der Waals surface area contributed by atoms with Crippen LogP contribution in [0.5, 0.6) is 0 Å². The molecular weight excluding hydrogens is 412 g/mol. The first-order valence-electron chi connectivity index (χ1n) is 9.82. The van der Waals surface area contributed by atoms with Crippen LogP contribution in [0.2, 0.25) is 5.02 Å². The first-order chi connectivity index (χ1) is 14.3. The smallest absolute Gasteiger partial charge is 0.257 e. The summed E-state index contributed by atoms with van der Waals surface area (Å²) in [6.07, 6.45) is 0. The van der Waals surface area contributed by atoms with E-state index in [9.17, 15) is 18.4 Å². The molecule has 1 heterocycles. The maximum atomic E-state index is 13.9. The van der Waals surface area contributed by atoms with Crippen LogP contribution in [-0.2, 0) is 4.79 Å². The Kier molecular flexibility index (Phi) is 6.92. The number of carbonyl (C=O) groups excluding carboxylic acids is 2. The molecule has 1 aliphatic heterocycles. The van der Waals surface area contributed by atoms with Crippen molar-refractivity contribution in [3.05, 3.63) is 64.7 Å². The lowest BCUT2D eigenvalue weighted by Gasteiger charge is -2.38. The van der Waals surface area contributed by atoms with Crippen molar-refractivity contribution in [3.8, 4) is 0 Å². The minimum atomic E-state index is -0.961. The Hall–Kier alpha value is -2.67. The van der Waals surface area contributed by atoms with Gasteiger partial charge in [0.15, 0.2) is 0 Å². The number of benzene rings is 2. The van der Waals surface area contributed by atoms with Crippen molar-refractivity contribution in [2.45, 2.75) is 19.9 Å². The van der Waals surface area contributed by atoms with Crippen LogP contribution in [0.15, 0.2) is 42.5 Å². The van der Waals surface area contributed by atoms with E-state index in [4.69, 9.17) is 11.6 Å². The van der Waals surface area contributed by atoms with Crippen LogP contribution >= 0.6 is 11.6 Å². The van der Waals surface area contributed by atoms with Crippen molar-refractivity contribution in [1.29, 1.82) is 0 Å². The van der Waals surface area contributed by atoms with E-state index in [1.807, 2.05) is 18.2 Å². The van der Waals surface area contributed by atoms with Gasteiger partial charge in [0.25, 0.3) is 5.91 Å². The van der Waals surface area contributed by atoms with Crippen molar-refractivity contribution in [1.82, 2.24) is 10.2 Å². The quantitative estimate of drug-likeness (QED) is 0.778.